The number of fused-ring (bicyclic) bond motifs is 32. The van der Waals surface area contributed by atoms with Crippen LogP contribution in [0, 0.1) is 0 Å². The summed E-state index contributed by atoms with van der Waals surface area (Å²) in [5.41, 5.74) is 18.5. The molecule has 0 unspecified atom stereocenters. The van der Waals surface area contributed by atoms with Gasteiger partial charge in [-0.3, -0.25) is 18.3 Å². The number of benzene rings is 18. The fourth-order valence-electron chi connectivity index (χ4n) is 21.4. The van der Waals surface area contributed by atoms with Crippen LogP contribution in [0.2, 0.25) is 0 Å². The number of rotatable bonds is 7. The van der Waals surface area contributed by atoms with Gasteiger partial charge in [-0.15, -0.1) is 0 Å². The van der Waals surface area contributed by atoms with Crippen molar-refractivity contribution < 1.29 is 0 Å². The molecule has 582 valence electrons. The molecule has 28 aromatic rings. The summed E-state index contributed by atoms with van der Waals surface area (Å²) in [6, 6.07) is 146. The Morgan fingerprint density at radius 3 is 0.786 bits per heavy atom. The van der Waals surface area contributed by atoms with Gasteiger partial charge in [-0.2, -0.15) is 29.9 Å². The fourth-order valence-corrected chi connectivity index (χ4v) is 21.4. The molecular formula is C114H66N12. The topological polar surface area (TPSA) is 106 Å². The first-order valence-electron chi connectivity index (χ1n) is 42.8. The van der Waals surface area contributed by atoms with E-state index in [0.29, 0.717) is 35.4 Å². The molecule has 0 aliphatic rings. The number of hydrogen-bond donors (Lipinski definition) is 0. The lowest BCUT2D eigenvalue weighted by Crippen LogP contribution is -2.10. The molecule has 0 saturated carbocycles. The van der Waals surface area contributed by atoms with Crippen molar-refractivity contribution in [3.05, 3.63) is 400 Å². The molecule has 12 heteroatoms. The lowest BCUT2D eigenvalue weighted by molar-refractivity contribution is 0.892. The molecule has 12 nitrogen and oxygen atoms in total. The molecule has 18 aromatic carbocycles. The molecular weight excluding hydrogens is 1540 g/mol. The van der Waals surface area contributed by atoms with Gasteiger partial charge < -0.3 is 8.80 Å². The summed E-state index contributed by atoms with van der Waals surface area (Å²) in [6.07, 6.45) is 0. The van der Waals surface area contributed by atoms with Crippen LogP contribution in [0.1, 0.15) is 0 Å². The van der Waals surface area contributed by atoms with E-state index in [4.69, 9.17) is 29.9 Å². The maximum absolute atomic E-state index is 5.73. The molecule has 10 heterocycles. The van der Waals surface area contributed by atoms with Gasteiger partial charge in [0.2, 0.25) is 23.8 Å². The maximum Gasteiger partial charge on any atom is 0.240 e. The number of para-hydroxylation sites is 13. The number of hydrogen-bond acceptors (Lipinski definition) is 6. The van der Waals surface area contributed by atoms with E-state index in [9.17, 15) is 0 Å². The van der Waals surface area contributed by atoms with Crippen LogP contribution in [0.4, 0.5) is 0 Å². The third-order valence-electron chi connectivity index (χ3n) is 26.7. The third-order valence-corrected chi connectivity index (χ3v) is 26.7. The minimum absolute atomic E-state index is 0.522. The minimum Gasteiger partial charge on any atom is -0.308 e. The second kappa shape index (κ2) is 26.2. The summed E-state index contributed by atoms with van der Waals surface area (Å²) in [6.45, 7) is 0. The quantitative estimate of drug-likeness (QED) is 0.157. The second-order valence-corrected chi connectivity index (χ2v) is 33.2. The summed E-state index contributed by atoms with van der Waals surface area (Å²) in [5.74, 6) is 3.20. The molecule has 0 aliphatic carbocycles. The average molecular weight is 1600 g/mol. The Morgan fingerprint density at radius 2 is 0.365 bits per heavy atom. The Labute approximate surface area is 716 Å². The fraction of sp³-hybridized carbons (Fsp3) is 0. The van der Waals surface area contributed by atoms with E-state index in [1.54, 1.807) is 0 Å². The normalized spacial score (nSPS) is 12.3. The van der Waals surface area contributed by atoms with Gasteiger partial charge in [0, 0.05) is 97.3 Å². The largest absolute Gasteiger partial charge is 0.308 e. The van der Waals surface area contributed by atoms with E-state index in [0.717, 1.165) is 229 Å². The van der Waals surface area contributed by atoms with Gasteiger partial charge in [0.05, 0.1) is 77.2 Å². The van der Waals surface area contributed by atoms with Crippen LogP contribution in [0.5, 0.6) is 0 Å². The van der Waals surface area contributed by atoms with E-state index in [2.05, 4.69) is 427 Å². The Kier molecular flexibility index (Phi) is 14.2. The van der Waals surface area contributed by atoms with Crippen LogP contribution in [0.25, 0.3) is 264 Å². The molecule has 0 bridgehead atoms. The third kappa shape index (κ3) is 9.66. The van der Waals surface area contributed by atoms with Crippen molar-refractivity contribution in [2.24, 2.45) is 0 Å². The summed E-state index contributed by atoms with van der Waals surface area (Å²) < 4.78 is 13.9. The van der Waals surface area contributed by atoms with Crippen LogP contribution in [-0.4, -0.2) is 57.0 Å². The van der Waals surface area contributed by atoms with Gasteiger partial charge in [-0.1, -0.05) is 309 Å². The highest BCUT2D eigenvalue weighted by molar-refractivity contribution is 6.29. The van der Waals surface area contributed by atoms with Gasteiger partial charge in [0.1, 0.15) is 0 Å². The Hall–Kier alpha value is -17.2. The molecule has 0 amide bonds. The van der Waals surface area contributed by atoms with Crippen LogP contribution in [0.3, 0.4) is 0 Å². The Bertz CT molecular complexity index is 9320. The standard InChI is InChI=1S/C114H66N12/c1-3-30-72-70(28-1)74-62-59-69(109-115-111(122-96-49-16-6-33-77(96)78-34-7-17-50-97(78)122)119-112(116-109)123-98-51-18-8-35-79(98)80-36-9-19-52-99(80)123)66-93(74)85-41-14-15-48-95(85)121-105-63-60-68(65-94(105)90-46-26-42-86(72)106(90)121)67-58-61-75-87-43-25-44-88-89-45-27-47-91(108(89)126(107(87)88)104-57-24-5-32-76(104)71-29-2-4-31-73(71)92(75)64-67)110-117-113(124-100-53-20-10-37-81(100)82-38-11-21-54-101(82)124)120-114(118-110)125-102-55-22-12-39-83(102)84-40-13-23-56-103(84)125/h1-66H. The van der Waals surface area contributed by atoms with E-state index < -0.39 is 0 Å². The highest BCUT2D eigenvalue weighted by Gasteiger charge is 2.28. The van der Waals surface area contributed by atoms with Crippen molar-refractivity contribution in [2.45, 2.75) is 0 Å². The molecule has 0 spiro atoms. The van der Waals surface area contributed by atoms with Crippen LogP contribution in [-0.2, 0) is 0 Å². The molecule has 0 radical (unpaired) electrons. The number of aromatic nitrogens is 12. The van der Waals surface area contributed by atoms with Crippen LogP contribution in [0.15, 0.2) is 400 Å². The van der Waals surface area contributed by atoms with Crippen molar-refractivity contribution in [1.82, 2.24) is 57.0 Å². The summed E-state index contributed by atoms with van der Waals surface area (Å²) >= 11 is 0. The predicted molar refractivity (Wildman–Crippen MR) is 521 cm³/mol. The minimum atomic E-state index is 0.522. The lowest BCUT2D eigenvalue weighted by atomic mass is 9.95. The maximum atomic E-state index is 5.73. The summed E-state index contributed by atoms with van der Waals surface area (Å²) in [7, 11) is 0. The zero-order valence-corrected chi connectivity index (χ0v) is 67.5. The van der Waals surface area contributed by atoms with Crippen molar-refractivity contribution in [1.29, 1.82) is 0 Å². The van der Waals surface area contributed by atoms with Crippen LogP contribution >= 0.6 is 0 Å². The van der Waals surface area contributed by atoms with Crippen molar-refractivity contribution in [3.63, 3.8) is 0 Å². The zero-order chi connectivity index (χ0) is 82.1. The van der Waals surface area contributed by atoms with Gasteiger partial charge in [0.25, 0.3) is 0 Å². The first-order chi connectivity index (χ1) is 62.5. The molecule has 0 N–H and O–H groups in total. The summed E-state index contributed by atoms with van der Waals surface area (Å²) in [5, 5.41) is 26.9. The monoisotopic (exact) mass is 1600 g/mol. The molecule has 0 saturated heterocycles. The zero-order valence-electron chi connectivity index (χ0n) is 67.5. The summed E-state index contributed by atoms with van der Waals surface area (Å²) in [4.78, 5) is 33.8. The molecule has 126 heavy (non-hydrogen) atoms. The molecule has 0 aliphatic heterocycles. The predicted octanol–water partition coefficient (Wildman–Crippen LogP) is 28.6. The first kappa shape index (κ1) is 68.5. The van der Waals surface area contributed by atoms with Gasteiger partial charge in [-0.05, 0) is 145 Å². The SMILES string of the molecule is c1ccc2c(c1)c1cc(-c3ccc4c(c3)c3cccc5c6ccccc6c6ccc(-c7nc(-n8c9ccccc9c9ccccc98)nc(-n8c9ccccc9c9ccccc98)n7)cc6c6ccccc6n4c53)ccc1c1cccc3c4cccc(-c5nc(-n6c7ccccc7c7ccccc76)nc(-n6c7ccccc7c7ccccc76)n5)c4n(c4ccccc24)c13. The molecule has 10 aromatic heterocycles. The van der Waals surface area contributed by atoms with Gasteiger partial charge in [0.15, 0.2) is 11.6 Å². The van der Waals surface area contributed by atoms with Crippen LogP contribution < -0.4 is 0 Å². The molecule has 28 rings (SSSR count). The molecule has 0 atom stereocenters. The smallest absolute Gasteiger partial charge is 0.240 e. The highest BCUT2D eigenvalue weighted by Crippen LogP contribution is 2.47. The van der Waals surface area contributed by atoms with E-state index in [-0.39, 0.29) is 0 Å². The lowest BCUT2D eigenvalue weighted by Gasteiger charge is -2.13. The van der Waals surface area contributed by atoms with Gasteiger partial charge in [-0.25, -0.2) is 0 Å². The van der Waals surface area contributed by atoms with E-state index in [1.807, 2.05) is 0 Å². The second-order valence-electron chi connectivity index (χ2n) is 33.2. The van der Waals surface area contributed by atoms with Crippen molar-refractivity contribution >= 4 is 207 Å². The van der Waals surface area contributed by atoms with E-state index >= 15 is 0 Å². The average Bonchev–Trinajstić information content (AvgIpc) is 1.54. The molecule has 0 fully saturated rings. The Balaban J connectivity index is 0.665. The number of nitrogens with zero attached hydrogens (tertiary/aromatic N) is 12. The van der Waals surface area contributed by atoms with Crippen molar-refractivity contribution in [3.8, 4) is 57.7 Å². The highest BCUT2D eigenvalue weighted by atomic mass is 15.3. The van der Waals surface area contributed by atoms with Crippen molar-refractivity contribution in [2.75, 3.05) is 0 Å². The van der Waals surface area contributed by atoms with E-state index in [1.165, 1.54) is 0 Å². The Morgan fingerprint density at radius 1 is 0.135 bits per heavy atom. The first-order valence-corrected chi connectivity index (χ1v) is 42.8. The van der Waals surface area contributed by atoms with Gasteiger partial charge >= 0.3 is 0 Å².